The average Bonchev–Trinajstić information content (AvgIpc) is 3.63. The molecule has 7 rings (SSSR count). The summed E-state index contributed by atoms with van der Waals surface area (Å²) in [4.78, 5) is 52.9. The molecule has 7 heteroatoms. The molecule has 0 unspecified atom stereocenters. The average molecular weight is 463 g/mol. The van der Waals surface area contributed by atoms with Crippen LogP contribution in [0.15, 0.2) is 36.4 Å². The van der Waals surface area contributed by atoms with E-state index >= 15 is 0 Å². The molecule has 1 N–H and O–H groups in total. The molecule has 5 aliphatic carbocycles. The Balaban J connectivity index is 1.06. The van der Waals surface area contributed by atoms with E-state index in [2.05, 4.69) is 17.5 Å². The molecule has 6 aliphatic rings. The van der Waals surface area contributed by atoms with Crippen molar-refractivity contribution in [2.45, 2.75) is 45.1 Å². The normalized spacial score (nSPS) is 37.3. The van der Waals surface area contributed by atoms with E-state index in [1.807, 2.05) is 0 Å². The summed E-state index contributed by atoms with van der Waals surface area (Å²) in [5.41, 5.74) is 1.08. The molecule has 3 amide bonds. The van der Waals surface area contributed by atoms with Crippen LogP contribution in [0.5, 0.6) is 0 Å². The molecule has 3 saturated carbocycles. The number of allylic oxidation sites excluding steroid dienone is 2. The number of ether oxygens (including phenoxy) is 1. The maximum atomic E-state index is 13.3. The Kier molecular flexibility index (Phi) is 5.12. The number of imide groups is 1. The smallest absolute Gasteiger partial charge is 0.338 e. The van der Waals surface area contributed by atoms with Crippen LogP contribution in [0.4, 0.5) is 5.69 Å². The monoisotopic (exact) mass is 462 g/mol. The van der Waals surface area contributed by atoms with Gasteiger partial charge in [-0.15, -0.1) is 0 Å². The van der Waals surface area contributed by atoms with E-state index in [1.54, 1.807) is 36.1 Å². The van der Waals surface area contributed by atoms with E-state index in [-0.39, 0.29) is 59.3 Å². The fraction of sp³-hybridized carbons (Fsp3) is 0.556. The molecule has 0 spiro atoms. The minimum absolute atomic E-state index is 0.0364. The van der Waals surface area contributed by atoms with Crippen LogP contribution in [0, 0.1) is 41.4 Å². The summed E-state index contributed by atoms with van der Waals surface area (Å²) >= 11 is 0. The number of amides is 3. The molecular weight excluding hydrogens is 432 g/mol. The van der Waals surface area contributed by atoms with Crippen molar-refractivity contribution >= 4 is 29.4 Å². The van der Waals surface area contributed by atoms with E-state index in [4.69, 9.17) is 4.74 Å². The molecule has 1 aromatic carbocycles. The molecule has 0 aromatic heterocycles. The maximum absolute atomic E-state index is 13.3. The second kappa shape index (κ2) is 8.07. The lowest BCUT2D eigenvalue weighted by Gasteiger charge is -2.37. The Morgan fingerprint density at radius 1 is 0.941 bits per heavy atom. The van der Waals surface area contributed by atoms with Gasteiger partial charge >= 0.3 is 5.97 Å². The molecule has 1 saturated heterocycles. The van der Waals surface area contributed by atoms with Crippen LogP contribution in [0.25, 0.3) is 0 Å². The van der Waals surface area contributed by atoms with E-state index in [0.29, 0.717) is 55.4 Å². The van der Waals surface area contributed by atoms with Gasteiger partial charge in [0.25, 0.3) is 0 Å². The Labute approximate surface area is 198 Å². The number of carbonyl (C=O) groups excluding carboxylic acids is 4. The van der Waals surface area contributed by atoms with Gasteiger partial charge in [-0.2, -0.15) is 0 Å². The molecular formula is C27H30N2O5. The van der Waals surface area contributed by atoms with Gasteiger partial charge in [0.1, 0.15) is 0 Å². The lowest BCUT2D eigenvalue weighted by molar-refractivity contribution is -0.144. The number of benzene rings is 1. The molecule has 178 valence electrons. The zero-order chi connectivity index (χ0) is 23.6. The highest BCUT2D eigenvalue weighted by atomic mass is 16.5. The third kappa shape index (κ3) is 3.31. The van der Waals surface area contributed by atoms with Crippen LogP contribution < -0.4 is 5.32 Å². The van der Waals surface area contributed by atoms with E-state index in [9.17, 15) is 19.2 Å². The molecule has 1 heterocycles. The number of anilines is 1. The van der Waals surface area contributed by atoms with Crippen molar-refractivity contribution in [3.8, 4) is 0 Å². The van der Waals surface area contributed by atoms with Gasteiger partial charge in [-0.1, -0.05) is 12.2 Å². The zero-order valence-electron chi connectivity index (χ0n) is 19.3. The molecule has 7 nitrogen and oxygen atoms in total. The summed E-state index contributed by atoms with van der Waals surface area (Å²) in [6, 6.07) is 6.59. The second-order valence-electron chi connectivity index (χ2n) is 10.5. The number of nitrogens with zero attached hydrogens (tertiary/aromatic N) is 1. The van der Waals surface area contributed by atoms with Gasteiger partial charge in [-0.25, -0.2) is 4.79 Å². The van der Waals surface area contributed by atoms with Crippen molar-refractivity contribution in [1.29, 1.82) is 0 Å². The zero-order valence-corrected chi connectivity index (χ0v) is 19.3. The molecule has 34 heavy (non-hydrogen) atoms. The molecule has 0 radical (unpaired) electrons. The van der Waals surface area contributed by atoms with Crippen molar-refractivity contribution in [2.75, 3.05) is 11.9 Å². The standard InChI is InChI=1S/C27H30N2O5/c1-2-34-27(33)15-3-7-16(8-4-15)28-24(30)14-5-9-17(10-6-14)29-25(31)22-18-11-12-19(21-13-20(18)21)23(22)26(29)32/h3-4,7-8,11-12,14,17-23H,2,5-6,9-10,13H2,1H3,(H,28,30)/t14?,17?,18-,19-,20-,21-,22-,23+/m0/s1. The van der Waals surface area contributed by atoms with Gasteiger partial charge in [0.15, 0.2) is 0 Å². The highest BCUT2D eigenvalue weighted by molar-refractivity contribution is 6.06. The van der Waals surface area contributed by atoms with Crippen molar-refractivity contribution < 1.29 is 23.9 Å². The fourth-order valence-corrected chi connectivity index (χ4v) is 7.08. The molecule has 1 aromatic rings. The lowest BCUT2D eigenvalue weighted by atomic mass is 9.63. The number of hydrogen-bond acceptors (Lipinski definition) is 5. The quantitative estimate of drug-likeness (QED) is 0.411. The Hall–Kier alpha value is -2.96. The Bertz CT molecular complexity index is 1030. The van der Waals surface area contributed by atoms with Crippen LogP contribution in [0.3, 0.4) is 0 Å². The highest BCUT2D eigenvalue weighted by Crippen LogP contribution is 2.65. The van der Waals surface area contributed by atoms with Crippen molar-refractivity contribution in [2.24, 2.45) is 41.4 Å². The van der Waals surface area contributed by atoms with Gasteiger partial charge < -0.3 is 10.1 Å². The van der Waals surface area contributed by atoms with Crippen LogP contribution in [-0.2, 0) is 19.1 Å². The summed E-state index contributed by atoms with van der Waals surface area (Å²) in [6.45, 7) is 2.07. The largest absolute Gasteiger partial charge is 0.462 e. The maximum Gasteiger partial charge on any atom is 0.338 e. The first kappa shape index (κ1) is 21.6. The van der Waals surface area contributed by atoms with Gasteiger partial charge in [0, 0.05) is 17.6 Å². The predicted molar refractivity (Wildman–Crippen MR) is 123 cm³/mol. The number of rotatable bonds is 5. The van der Waals surface area contributed by atoms with Gasteiger partial charge in [-0.3, -0.25) is 19.3 Å². The van der Waals surface area contributed by atoms with Crippen LogP contribution in [0.1, 0.15) is 49.4 Å². The summed E-state index contributed by atoms with van der Waals surface area (Å²) in [6.07, 6.45) is 8.23. The SMILES string of the molecule is CCOC(=O)c1ccc(NC(=O)C2CCC(N3C(=O)[C@@H]4[C@H]5C=C[C@@H]([C@@H]6C[C@@H]56)[C@@H]4C3=O)CC2)cc1. The first-order valence-electron chi connectivity index (χ1n) is 12.6. The predicted octanol–water partition coefficient (Wildman–Crippen LogP) is 3.41. The summed E-state index contributed by atoms with van der Waals surface area (Å²) in [5.74, 6) is 0.901. The first-order valence-corrected chi connectivity index (χ1v) is 12.6. The number of nitrogens with one attached hydrogen (secondary N) is 1. The molecule has 6 atom stereocenters. The lowest BCUT2D eigenvalue weighted by Crippen LogP contribution is -2.44. The molecule has 2 bridgehead atoms. The van der Waals surface area contributed by atoms with Crippen LogP contribution >= 0.6 is 0 Å². The first-order chi connectivity index (χ1) is 16.5. The van der Waals surface area contributed by atoms with Gasteiger partial charge in [0.05, 0.1) is 24.0 Å². The number of hydrogen-bond donors (Lipinski definition) is 1. The van der Waals surface area contributed by atoms with Gasteiger partial charge in [0.2, 0.25) is 17.7 Å². The van der Waals surface area contributed by atoms with E-state index < -0.39 is 0 Å². The van der Waals surface area contributed by atoms with Crippen molar-refractivity contribution in [3.63, 3.8) is 0 Å². The summed E-state index contributed by atoms with van der Waals surface area (Å²) in [7, 11) is 0. The summed E-state index contributed by atoms with van der Waals surface area (Å²) in [5, 5.41) is 2.94. The number of esters is 1. The minimum atomic E-state index is -0.384. The molecule has 1 aliphatic heterocycles. The van der Waals surface area contributed by atoms with Crippen LogP contribution in [0.2, 0.25) is 0 Å². The Morgan fingerprint density at radius 3 is 2.09 bits per heavy atom. The fourth-order valence-electron chi connectivity index (χ4n) is 7.08. The Morgan fingerprint density at radius 2 is 1.53 bits per heavy atom. The third-order valence-corrected chi connectivity index (χ3v) is 8.79. The second-order valence-corrected chi connectivity index (χ2v) is 10.5. The minimum Gasteiger partial charge on any atom is -0.462 e. The van der Waals surface area contributed by atoms with E-state index in [0.717, 1.165) is 0 Å². The number of carbonyl (C=O) groups is 4. The van der Waals surface area contributed by atoms with Crippen molar-refractivity contribution in [1.82, 2.24) is 4.90 Å². The van der Waals surface area contributed by atoms with Gasteiger partial charge in [-0.05, 0) is 87.0 Å². The van der Waals surface area contributed by atoms with E-state index in [1.165, 1.54) is 6.42 Å². The number of likely N-dealkylation sites (tertiary alicyclic amines) is 1. The molecule has 4 fully saturated rings. The van der Waals surface area contributed by atoms with Crippen molar-refractivity contribution in [3.05, 3.63) is 42.0 Å². The highest BCUT2D eigenvalue weighted by Gasteiger charge is 2.67. The summed E-state index contributed by atoms with van der Waals surface area (Å²) < 4.78 is 4.98. The topological polar surface area (TPSA) is 92.8 Å². The third-order valence-electron chi connectivity index (χ3n) is 8.79. The van der Waals surface area contributed by atoms with Crippen LogP contribution in [-0.4, -0.2) is 41.2 Å².